The van der Waals surface area contributed by atoms with Crippen LogP contribution in [0, 0.1) is 5.82 Å². The summed E-state index contributed by atoms with van der Waals surface area (Å²) < 4.78 is 15.2. The number of hydrogen-bond acceptors (Lipinski definition) is 3. The molecule has 140 valence electrons. The molecule has 0 saturated carbocycles. The first-order valence-corrected chi connectivity index (χ1v) is 8.64. The number of carbonyl (C=O) groups is 2. The van der Waals surface area contributed by atoms with Crippen LogP contribution in [0.25, 0.3) is 11.0 Å². The average Bonchev–Trinajstić information content (AvgIpc) is 2.95. The Morgan fingerprint density at radius 1 is 1.15 bits per heavy atom. The van der Waals surface area contributed by atoms with Crippen LogP contribution in [-0.4, -0.2) is 33.1 Å². The van der Waals surface area contributed by atoms with Crippen LogP contribution in [0.5, 0.6) is 0 Å². The molecule has 0 aliphatic heterocycles. The van der Waals surface area contributed by atoms with Crippen LogP contribution in [-0.2, 0) is 24.7 Å². The highest BCUT2D eigenvalue weighted by atomic mass is 19.1. The molecule has 1 aromatic heterocycles. The van der Waals surface area contributed by atoms with Crippen molar-refractivity contribution >= 4 is 22.9 Å². The van der Waals surface area contributed by atoms with Gasteiger partial charge in [0.05, 0.1) is 16.6 Å². The summed E-state index contributed by atoms with van der Waals surface area (Å²) in [5.74, 6) is -0.594. The molecular weight excluding hydrogens is 349 g/mol. The lowest BCUT2D eigenvalue weighted by Crippen LogP contribution is -2.26. The number of carboxylic acids is 1. The summed E-state index contributed by atoms with van der Waals surface area (Å²) in [5, 5.41) is 11.7. The molecule has 0 unspecified atom stereocenters. The minimum atomic E-state index is -0.969. The van der Waals surface area contributed by atoms with Crippen molar-refractivity contribution in [2.45, 2.75) is 19.3 Å². The van der Waals surface area contributed by atoms with E-state index in [1.165, 1.54) is 24.3 Å². The molecule has 3 rings (SSSR count). The summed E-state index contributed by atoms with van der Waals surface area (Å²) >= 11 is 0. The first kappa shape index (κ1) is 18.6. The summed E-state index contributed by atoms with van der Waals surface area (Å²) in [6.07, 6.45) is 1.41. The second-order valence-electron chi connectivity index (χ2n) is 6.32. The van der Waals surface area contributed by atoms with E-state index in [1.807, 2.05) is 11.6 Å². The number of halogens is 1. The maximum atomic E-state index is 13.3. The number of carboxylic acid groups (broad SMARTS) is 1. The van der Waals surface area contributed by atoms with E-state index in [2.05, 4.69) is 10.3 Å². The van der Waals surface area contributed by atoms with Gasteiger partial charge in [-0.2, -0.15) is 0 Å². The van der Waals surface area contributed by atoms with Gasteiger partial charge in [-0.15, -0.1) is 0 Å². The number of rotatable bonds is 7. The third-order valence-corrected chi connectivity index (χ3v) is 4.45. The number of nitrogens with zero attached hydrogens (tertiary/aromatic N) is 2. The number of carbonyl (C=O) groups excluding carboxylic acids is 1. The lowest BCUT2D eigenvalue weighted by atomic mass is 10.1. The normalized spacial score (nSPS) is 10.9. The van der Waals surface area contributed by atoms with Gasteiger partial charge in [0.25, 0.3) is 0 Å². The first-order valence-electron chi connectivity index (χ1n) is 8.64. The highest BCUT2D eigenvalue weighted by Crippen LogP contribution is 2.16. The summed E-state index contributed by atoms with van der Waals surface area (Å²) in [7, 11) is 1.87. The second kappa shape index (κ2) is 7.99. The molecule has 7 heteroatoms. The average molecular weight is 369 g/mol. The van der Waals surface area contributed by atoms with Crippen LogP contribution in [0.1, 0.15) is 28.2 Å². The van der Waals surface area contributed by atoms with Gasteiger partial charge in [-0.05, 0) is 36.2 Å². The van der Waals surface area contributed by atoms with Gasteiger partial charge in [0.15, 0.2) is 0 Å². The molecule has 27 heavy (non-hydrogen) atoms. The fraction of sp³-hybridized carbons (Fsp3) is 0.250. The Bertz CT molecular complexity index is 980. The van der Waals surface area contributed by atoms with Crippen molar-refractivity contribution < 1.29 is 19.1 Å². The highest BCUT2D eigenvalue weighted by Gasteiger charge is 2.09. The molecule has 0 aliphatic rings. The van der Waals surface area contributed by atoms with Crippen LogP contribution < -0.4 is 5.32 Å². The minimum absolute atomic E-state index is 0.0814. The summed E-state index contributed by atoms with van der Waals surface area (Å²) in [6, 6.07) is 11.0. The molecule has 1 amide bonds. The number of amides is 1. The van der Waals surface area contributed by atoms with Gasteiger partial charge in [0.2, 0.25) is 5.91 Å². The molecule has 0 aliphatic carbocycles. The van der Waals surface area contributed by atoms with Gasteiger partial charge in [-0.3, -0.25) is 4.79 Å². The maximum absolute atomic E-state index is 13.3. The fourth-order valence-corrected chi connectivity index (χ4v) is 2.92. The molecular formula is C20H20FN3O3. The molecule has 2 N–H and O–H groups in total. The van der Waals surface area contributed by atoms with E-state index >= 15 is 0 Å². The van der Waals surface area contributed by atoms with Crippen LogP contribution in [0.2, 0.25) is 0 Å². The zero-order valence-corrected chi connectivity index (χ0v) is 14.9. The number of benzene rings is 2. The van der Waals surface area contributed by atoms with Gasteiger partial charge in [-0.1, -0.05) is 12.1 Å². The Kier molecular flexibility index (Phi) is 5.49. The van der Waals surface area contributed by atoms with Gasteiger partial charge in [0.1, 0.15) is 11.6 Å². The molecule has 0 spiro atoms. The van der Waals surface area contributed by atoms with Crippen molar-refractivity contribution in [1.82, 2.24) is 14.9 Å². The van der Waals surface area contributed by atoms with E-state index in [9.17, 15) is 14.0 Å². The molecule has 0 bridgehead atoms. The summed E-state index contributed by atoms with van der Waals surface area (Å²) in [6.45, 7) is 0.441. The van der Waals surface area contributed by atoms with Crippen molar-refractivity contribution in [3.63, 3.8) is 0 Å². The molecule has 0 saturated heterocycles. The van der Waals surface area contributed by atoms with E-state index in [-0.39, 0.29) is 17.3 Å². The van der Waals surface area contributed by atoms with Crippen molar-refractivity contribution in [1.29, 1.82) is 0 Å². The number of aromatic carboxylic acids is 1. The van der Waals surface area contributed by atoms with Gasteiger partial charge < -0.3 is 15.0 Å². The third-order valence-electron chi connectivity index (χ3n) is 4.45. The maximum Gasteiger partial charge on any atom is 0.335 e. The van der Waals surface area contributed by atoms with E-state index in [1.54, 1.807) is 18.2 Å². The molecule has 1 heterocycles. The van der Waals surface area contributed by atoms with Gasteiger partial charge in [-0.25, -0.2) is 14.2 Å². The summed E-state index contributed by atoms with van der Waals surface area (Å²) in [5.41, 5.74) is 2.59. The van der Waals surface area contributed by atoms with Crippen LogP contribution >= 0.6 is 0 Å². The van der Waals surface area contributed by atoms with E-state index < -0.39 is 5.97 Å². The van der Waals surface area contributed by atoms with E-state index in [4.69, 9.17) is 5.11 Å². The number of aromatic nitrogens is 2. The first-order chi connectivity index (χ1) is 12.9. The van der Waals surface area contributed by atoms with E-state index in [0.717, 1.165) is 16.9 Å². The SMILES string of the molecule is Cn1c(CCNC(=O)CCc2ccc(C(=O)O)cc2)nc2cc(F)ccc21. The zero-order valence-electron chi connectivity index (χ0n) is 14.9. The Balaban J connectivity index is 1.48. The third kappa shape index (κ3) is 4.49. The van der Waals surface area contributed by atoms with Crippen molar-refractivity contribution in [2.24, 2.45) is 7.05 Å². The number of nitrogens with one attached hydrogen (secondary N) is 1. The lowest BCUT2D eigenvalue weighted by molar-refractivity contribution is -0.121. The molecule has 3 aromatic rings. The molecule has 6 nitrogen and oxygen atoms in total. The fourth-order valence-electron chi connectivity index (χ4n) is 2.92. The van der Waals surface area contributed by atoms with Crippen molar-refractivity contribution in [3.05, 3.63) is 65.2 Å². The van der Waals surface area contributed by atoms with Crippen molar-refractivity contribution in [3.8, 4) is 0 Å². The Hall–Kier alpha value is -3.22. The number of hydrogen-bond donors (Lipinski definition) is 2. The van der Waals surface area contributed by atoms with E-state index in [0.29, 0.717) is 31.3 Å². The summed E-state index contributed by atoms with van der Waals surface area (Å²) in [4.78, 5) is 27.2. The monoisotopic (exact) mass is 369 g/mol. The Morgan fingerprint density at radius 3 is 2.59 bits per heavy atom. The molecule has 0 atom stereocenters. The predicted octanol–water partition coefficient (Wildman–Crippen LogP) is 2.70. The topological polar surface area (TPSA) is 84.2 Å². The Labute approximate surface area is 155 Å². The smallest absolute Gasteiger partial charge is 0.335 e. The largest absolute Gasteiger partial charge is 0.478 e. The molecule has 2 aromatic carbocycles. The van der Waals surface area contributed by atoms with Crippen LogP contribution in [0.15, 0.2) is 42.5 Å². The quantitative estimate of drug-likeness (QED) is 0.671. The standard InChI is InChI=1S/C20H20FN3O3/c1-24-17-8-7-15(21)12-16(17)23-18(24)10-11-22-19(25)9-4-13-2-5-14(6-3-13)20(26)27/h2-3,5-8,12H,4,9-11H2,1H3,(H,22,25)(H,26,27). The van der Waals surface area contributed by atoms with Crippen LogP contribution in [0.4, 0.5) is 4.39 Å². The van der Waals surface area contributed by atoms with Gasteiger partial charge in [0, 0.05) is 32.5 Å². The highest BCUT2D eigenvalue weighted by molar-refractivity contribution is 5.87. The lowest BCUT2D eigenvalue weighted by Gasteiger charge is -2.06. The minimum Gasteiger partial charge on any atom is -0.478 e. The zero-order chi connectivity index (χ0) is 19.4. The molecule has 0 radical (unpaired) electrons. The second-order valence-corrected chi connectivity index (χ2v) is 6.32. The van der Waals surface area contributed by atoms with Crippen LogP contribution in [0.3, 0.4) is 0 Å². The number of aryl methyl sites for hydroxylation is 2. The van der Waals surface area contributed by atoms with Crippen molar-refractivity contribution in [2.75, 3.05) is 6.54 Å². The number of imidazole rings is 1. The predicted molar refractivity (Wildman–Crippen MR) is 99.1 cm³/mol. The number of fused-ring (bicyclic) bond motifs is 1. The van der Waals surface area contributed by atoms with Gasteiger partial charge >= 0.3 is 5.97 Å². The Morgan fingerprint density at radius 2 is 1.89 bits per heavy atom. The molecule has 0 fully saturated rings.